The molecule has 0 N–H and O–H groups in total. The predicted molar refractivity (Wildman–Crippen MR) is 62.5 cm³/mol. The maximum absolute atomic E-state index is 11.7. The van der Waals surface area contributed by atoms with Gasteiger partial charge in [-0.15, -0.1) is 0 Å². The fraction of sp³-hybridized carbons (Fsp3) is 0.333. The van der Waals surface area contributed by atoms with Crippen LogP contribution >= 0.6 is 0 Å². The first-order valence-electron chi connectivity index (χ1n) is 5.34. The van der Waals surface area contributed by atoms with Crippen molar-refractivity contribution in [3.8, 4) is 5.75 Å². The molecule has 0 fully saturated rings. The Kier molecular flexibility index (Phi) is 2.99. The van der Waals surface area contributed by atoms with Crippen LogP contribution in [0.1, 0.15) is 23.1 Å². The average molecular weight is 234 g/mol. The van der Waals surface area contributed by atoms with E-state index in [0.29, 0.717) is 23.5 Å². The van der Waals surface area contributed by atoms with Crippen molar-refractivity contribution in [3.63, 3.8) is 0 Å². The summed E-state index contributed by atoms with van der Waals surface area (Å²) in [4.78, 5) is 16.1. The Morgan fingerprint density at radius 3 is 2.76 bits per heavy atom. The van der Waals surface area contributed by atoms with E-state index in [1.807, 2.05) is 19.1 Å². The van der Waals surface area contributed by atoms with Gasteiger partial charge < -0.3 is 9.47 Å². The predicted octanol–water partition coefficient (Wildman–Crippen LogP) is 1.69. The fourth-order valence-electron chi connectivity index (χ4n) is 1.75. The van der Waals surface area contributed by atoms with E-state index in [1.165, 1.54) is 7.11 Å². The third-order valence-electron chi connectivity index (χ3n) is 2.61. The molecule has 0 amide bonds. The van der Waals surface area contributed by atoms with Crippen LogP contribution in [0.25, 0.3) is 5.65 Å². The van der Waals surface area contributed by atoms with Crippen molar-refractivity contribution >= 4 is 11.6 Å². The molecule has 2 aromatic heterocycles. The highest BCUT2D eigenvalue weighted by atomic mass is 16.5. The zero-order valence-corrected chi connectivity index (χ0v) is 10.1. The minimum atomic E-state index is -0.386. The molecule has 2 aromatic rings. The zero-order chi connectivity index (χ0) is 12.4. The van der Waals surface area contributed by atoms with E-state index in [0.717, 1.165) is 5.69 Å². The first-order valence-corrected chi connectivity index (χ1v) is 5.34. The van der Waals surface area contributed by atoms with E-state index in [2.05, 4.69) is 4.98 Å². The van der Waals surface area contributed by atoms with Gasteiger partial charge in [-0.05, 0) is 18.6 Å². The minimum Gasteiger partial charge on any atom is -0.495 e. The first-order chi connectivity index (χ1) is 8.21. The van der Waals surface area contributed by atoms with Gasteiger partial charge in [-0.1, -0.05) is 6.92 Å². The van der Waals surface area contributed by atoms with Crippen LogP contribution in [0.5, 0.6) is 5.75 Å². The Labute approximate surface area is 99.0 Å². The van der Waals surface area contributed by atoms with Gasteiger partial charge in [0.1, 0.15) is 11.4 Å². The fourth-order valence-corrected chi connectivity index (χ4v) is 1.75. The van der Waals surface area contributed by atoms with E-state index in [-0.39, 0.29) is 5.97 Å². The highest BCUT2D eigenvalue weighted by Gasteiger charge is 2.18. The molecule has 0 bridgehead atoms. The van der Waals surface area contributed by atoms with E-state index < -0.39 is 0 Å². The van der Waals surface area contributed by atoms with Crippen LogP contribution in [0.4, 0.5) is 0 Å². The molecule has 0 unspecified atom stereocenters. The van der Waals surface area contributed by atoms with Crippen molar-refractivity contribution in [2.45, 2.75) is 13.3 Å². The molecule has 90 valence electrons. The van der Waals surface area contributed by atoms with Gasteiger partial charge >= 0.3 is 5.97 Å². The molecule has 0 aliphatic carbocycles. The summed E-state index contributed by atoms with van der Waals surface area (Å²) in [6, 6.07) is 3.62. The van der Waals surface area contributed by atoms with Crippen LogP contribution in [0, 0.1) is 0 Å². The normalized spacial score (nSPS) is 10.5. The lowest BCUT2D eigenvalue weighted by Crippen LogP contribution is -2.08. The number of methoxy groups -OCH3 is 2. The topological polar surface area (TPSA) is 52.8 Å². The Morgan fingerprint density at radius 1 is 1.41 bits per heavy atom. The largest absolute Gasteiger partial charge is 0.495 e. The molecule has 0 saturated heterocycles. The van der Waals surface area contributed by atoms with Crippen molar-refractivity contribution in [2.75, 3.05) is 14.2 Å². The SMILES string of the molecule is CCc1nc2ccc(OC)cn2c1C(=O)OC. The third-order valence-corrected chi connectivity index (χ3v) is 2.61. The molecule has 0 atom stereocenters. The van der Waals surface area contributed by atoms with Crippen molar-refractivity contribution < 1.29 is 14.3 Å². The van der Waals surface area contributed by atoms with Gasteiger partial charge in [0.2, 0.25) is 0 Å². The number of aromatic nitrogens is 2. The van der Waals surface area contributed by atoms with Gasteiger partial charge in [-0.3, -0.25) is 4.40 Å². The second-order valence-electron chi connectivity index (χ2n) is 3.55. The summed E-state index contributed by atoms with van der Waals surface area (Å²) < 4.78 is 11.6. The molecule has 2 heterocycles. The number of imidazole rings is 1. The van der Waals surface area contributed by atoms with Crippen LogP contribution < -0.4 is 4.74 Å². The van der Waals surface area contributed by atoms with Gasteiger partial charge in [0.25, 0.3) is 0 Å². The van der Waals surface area contributed by atoms with Crippen LogP contribution in [0.15, 0.2) is 18.3 Å². The second-order valence-corrected chi connectivity index (χ2v) is 3.55. The first kappa shape index (κ1) is 11.4. The standard InChI is InChI=1S/C12H14N2O3/c1-4-9-11(12(15)17-3)14-7-8(16-2)5-6-10(14)13-9/h5-7H,4H2,1-3H3. The molecule has 0 aliphatic rings. The molecule has 17 heavy (non-hydrogen) atoms. The summed E-state index contributed by atoms with van der Waals surface area (Å²) in [5, 5.41) is 0. The smallest absolute Gasteiger partial charge is 0.357 e. The van der Waals surface area contributed by atoms with Gasteiger partial charge in [0.05, 0.1) is 26.1 Å². The van der Waals surface area contributed by atoms with E-state index in [9.17, 15) is 4.79 Å². The Bertz CT molecular complexity index is 560. The molecule has 0 spiro atoms. The number of fused-ring (bicyclic) bond motifs is 1. The van der Waals surface area contributed by atoms with Crippen LogP contribution in [-0.2, 0) is 11.2 Å². The summed E-state index contributed by atoms with van der Waals surface area (Å²) >= 11 is 0. The number of pyridine rings is 1. The zero-order valence-electron chi connectivity index (χ0n) is 10.1. The molecule has 0 aliphatic heterocycles. The molecule has 0 aromatic carbocycles. The summed E-state index contributed by atoms with van der Waals surface area (Å²) in [6.45, 7) is 1.95. The lowest BCUT2D eigenvalue weighted by atomic mass is 10.2. The van der Waals surface area contributed by atoms with Gasteiger partial charge in [0, 0.05) is 0 Å². The third kappa shape index (κ3) is 1.84. The number of hydrogen-bond acceptors (Lipinski definition) is 4. The number of nitrogens with zero attached hydrogens (tertiary/aromatic N) is 2. The van der Waals surface area contributed by atoms with E-state index >= 15 is 0 Å². The quantitative estimate of drug-likeness (QED) is 0.758. The van der Waals surface area contributed by atoms with Gasteiger partial charge in [-0.2, -0.15) is 0 Å². The maximum atomic E-state index is 11.7. The lowest BCUT2D eigenvalue weighted by Gasteiger charge is -2.03. The van der Waals surface area contributed by atoms with Crippen LogP contribution in [-0.4, -0.2) is 29.6 Å². The Morgan fingerprint density at radius 2 is 2.18 bits per heavy atom. The van der Waals surface area contributed by atoms with Crippen molar-refractivity contribution in [1.82, 2.24) is 9.38 Å². The number of carbonyl (C=O) groups is 1. The number of hydrogen-bond donors (Lipinski definition) is 0. The number of carbonyl (C=O) groups excluding carboxylic acids is 1. The maximum Gasteiger partial charge on any atom is 0.357 e. The van der Waals surface area contributed by atoms with E-state index in [1.54, 1.807) is 17.7 Å². The molecule has 2 rings (SSSR count). The molecule has 0 saturated carbocycles. The highest BCUT2D eigenvalue weighted by molar-refractivity contribution is 5.90. The highest BCUT2D eigenvalue weighted by Crippen LogP contribution is 2.18. The summed E-state index contributed by atoms with van der Waals surface area (Å²) in [6.07, 6.45) is 2.40. The van der Waals surface area contributed by atoms with Crippen molar-refractivity contribution in [3.05, 3.63) is 29.7 Å². The van der Waals surface area contributed by atoms with E-state index in [4.69, 9.17) is 9.47 Å². The average Bonchev–Trinajstić information content (AvgIpc) is 2.74. The molecular weight excluding hydrogens is 220 g/mol. The number of ether oxygens (including phenoxy) is 2. The molecule has 5 nitrogen and oxygen atoms in total. The van der Waals surface area contributed by atoms with Gasteiger partial charge in [-0.25, -0.2) is 9.78 Å². The molecule has 0 radical (unpaired) electrons. The number of esters is 1. The summed E-state index contributed by atoms with van der Waals surface area (Å²) in [5.74, 6) is 0.283. The van der Waals surface area contributed by atoms with Crippen molar-refractivity contribution in [2.24, 2.45) is 0 Å². The lowest BCUT2D eigenvalue weighted by molar-refractivity contribution is 0.0591. The number of rotatable bonds is 3. The minimum absolute atomic E-state index is 0.386. The molecule has 5 heteroatoms. The number of aryl methyl sites for hydroxylation is 1. The van der Waals surface area contributed by atoms with Crippen LogP contribution in [0.2, 0.25) is 0 Å². The van der Waals surface area contributed by atoms with Gasteiger partial charge in [0.15, 0.2) is 5.69 Å². The second kappa shape index (κ2) is 4.45. The molecular formula is C12H14N2O3. The Hall–Kier alpha value is -2.04. The van der Waals surface area contributed by atoms with Crippen LogP contribution in [0.3, 0.4) is 0 Å². The monoisotopic (exact) mass is 234 g/mol. The summed E-state index contributed by atoms with van der Waals surface area (Å²) in [7, 11) is 2.94. The van der Waals surface area contributed by atoms with Crippen molar-refractivity contribution in [1.29, 1.82) is 0 Å². The Balaban J connectivity index is 2.71. The summed E-state index contributed by atoms with van der Waals surface area (Å²) in [5.41, 5.74) is 1.90.